The molecule has 0 unspecified atom stereocenters. The highest BCUT2D eigenvalue weighted by Gasteiger charge is 2.20. The molecule has 3 aromatic carbocycles. The van der Waals surface area contributed by atoms with Crippen molar-refractivity contribution in [2.75, 3.05) is 6.61 Å². The maximum atomic E-state index is 12.8. The molecular weight excluding hydrogens is 404 g/mol. The van der Waals surface area contributed by atoms with Crippen molar-refractivity contribution in [2.45, 2.75) is 39.0 Å². The third-order valence-electron chi connectivity index (χ3n) is 5.12. The van der Waals surface area contributed by atoms with Crippen LogP contribution >= 0.6 is 0 Å². The molecular formula is C27H28O5. The van der Waals surface area contributed by atoms with Gasteiger partial charge in [0.05, 0.1) is 6.61 Å². The first-order valence-corrected chi connectivity index (χ1v) is 10.9. The summed E-state index contributed by atoms with van der Waals surface area (Å²) in [4.78, 5) is 25.3. The van der Waals surface area contributed by atoms with Gasteiger partial charge in [0.15, 0.2) is 0 Å². The van der Waals surface area contributed by atoms with E-state index in [1.807, 2.05) is 30.3 Å². The smallest absolute Gasteiger partial charge is 0.347 e. The summed E-state index contributed by atoms with van der Waals surface area (Å²) in [5.74, 6) is -1.30. The summed E-state index contributed by atoms with van der Waals surface area (Å²) in [7, 11) is 0. The molecule has 0 aliphatic carbocycles. The molecule has 0 radical (unpaired) electrons. The highest BCUT2D eigenvalue weighted by molar-refractivity contribution is 5.97. The molecule has 0 aliphatic rings. The van der Waals surface area contributed by atoms with Crippen LogP contribution in [0.5, 0.6) is 11.5 Å². The van der Waals surface area contributed by atoms with E-state index >= 15 is 0 Å². The Morgan fingerprint density at radius 1 is 0.781 bits per heavy atom. The lowest BCUT2D eigenvalue weighted by molar-refractivity contribution is 0.0492. The van der Waals surface area contributed by atoms with Gasteiger partial charge in [-0.05, 0) is 35.7 Å². The van der Waals surface area contributed by atoms with Gasteiger partial charge < -0.3 is 14.6 Å². The van der Waals surface area contributed by atoms with Crippen molar-refractivity contribution in [2.24, 2.45) is 0 Å². The summed E-state index contributed by atoms with van der Waals surface area (Å²) in [6.45, 7) is 2.44. The van der Waals surface area contributed by atoms with Crippen LogP contribution in [0.25, 0.3) is 0 Å². The Bertz CT molecular complexity index is 1040. The predicted octanol–water partition coefficient (Wildman–Crippen LogP) is 5.94. The van der Waals surface area contributed by atoms with Crippen LogP contribution in [0.1, 0.15) is 64.4 Å². The highest BCUT2D eigenvalue weighted by Crippen LogP contribution is 2.27. The van der Waals surface area contributed by atoms with Crippen molar-refractivity contribution >= 4 is 11.9 Å². The van der Waals surface area contributed by atoms with E-state index in [0.29, 0.717) is 18.6 Å². The van der Waals surface area contributed by atoms with Crippen LogP contribution in [0.4, 0.5) is 0 Å². The number of rotatable bonds is 10. The Morgan fingerprint density at radius 3 is 2.28 bits per heavy atom. The molecule has 0 heterocycles. The fraction of sp³-hybridized carbons (Fsp3) is 0.259. The standard InChI is InChI=1S/C27H28O5/c1-2-3-4-10-18-31-26(29)22-15-8-9-17-24(22)32-27(30)23-16-11-14-21(25(23)28)19-20-12-6-5-7-13-20/h5-9,11-17,28H,2-4,10,18-19H2,1H3. The van der Waals surface area contributed by atoms with Crippen molar-refractivity contribution in [3.63, 3.8) is 0 Å². The number of carbonyl (C=O) groups excluding carboxylic acids is 2. The Hall–Kier alpha value is -3.60. The lowest BCUT2D eigenvalue weighted by atomic mass is 10.0. The monoisotopic (exact) mass is 432 g/mol. The first kappa shape index (κ1) is 23.1. The van der Waals surface area contributed by atoms with Crippen LogP contribution in [0.2, 0.25) is 0 Å². The average molecular weight is 433 g/mol. The number of phenols is 1. The number of esters is 2. The predicted molar refractivity (Wildman–Crippen MR) is 123 cm³/mol. The number of aromatic hydroxyl groups is 1. The number of para-hydroxylation sites is 2. The normalized spacial score (nSPS) is 10.5. The number of ether oxygens (including phenoxy) is 2. The van der Waals surface area contributed by atoms with Crippen molar-refractivity contribution < 1.29 is 24.2 Å². The van der Waals surface area contributed by atoms with E-state index in [1.165, 1.54) is 12.1 Å². The number of unbranched alkanes of at least 4 members (excludes halogenated alkanes) is 3. The summed E-state index contributed by atoms with van der Waals surface area (Å²) in [5.41, 5.74) is 1.85. The molecule has 0 saturated heterocycles. The molecule has 166 valence electrons. The molecule has 0 atom stereocenters. The van der Waals surface area contributed by atoms with E-state index in [0.717, 1.165) is 31.2 Å². The molecule has 3 rings (SSSR count). The van der Waals surface area contributed by atoms with E-state index in [4.69, 9.17) is 9.47 Å². The molecule has 0 bridgehead atoms. The van der Waals surface area contributed by atoms with Crippen LogP contribution in [0, 0.1) is 0 Å². The minimum Gasteiger partial charge on any atom is -0.507 e. The van der Waals surface area contributed by atoms with Crippen molar-refractivity contribution in [1.82, 2.24) is 0 Å². The molecule has 0 saturated carbocycles. The average Bonchev–Trinajstić information content (AvgIpc) is 2.81. The van der Waals surface area contributed by atoms with Gasteiger partial charge in [0, 0.05) is 6.42 Å². The van der Waals surface area contributed by atoms with Gasteiger partial charge in [-0.3, -0.25) is 0 Å². The topological polar surface area (TPSA) is 72.8 Å². The maximum Gasteiger partial charge on any atom is 0.347 e. The van der Waals surface area contributed by atoms with Gasteiger partial charge in [-0.25, -0.2) is 9.59 Å². The van der Waals surface area contributed by atoms with Crippen LogP contribution in [0.15, 0.2) is 72.8 Å². The molecule has 0 aromatic heterocycles. The SMILES string of the molecule is CCCCCCOC(=O)c1ccccc1OC(=O)c1cccc(Cc2ccccc2)c1O. The largest absolute Gasteiger partial charge is 0.507 e. The second-order valence-electron chi connectivity index (χ2n) is 7.56. The first-order valence-electron chi connectivity index (χ1n) is 10.9. The number of carbonyl (C=O) groups is 2. The fourth-order valence-electron chi connectivity index (χ4n) is 3.37. The van der Waals surface area contributed by atoms with Crippen LogP contribution in [-0.4, -0.2) is 23.7 Å². The Morgan fingerprint density at radius 2 is 1.50 bits per heavy atom. The van der Waals surface area contributed by atoms with Crippen molar-refractivity contribution in [3.05, 3.63) is 95.1 Å². The third-order valence-corrected chi connectivity index (χ3v) is 5.12. The summed E-state index contributed by atoms with van der Waals surface area (Å²) in [6, 6.07) is 21.1. The van der Waals surface area contributed by atoms with Crippen molar-refractivity contribution in [3.8, 4) is 11.5 Å². The van der Waals surface area contributed by atoms with Crippen LogP contribution in [-0.2, 0) is 11.2 Å². The maximum absolute atomic E-state index is 12.8. The zero-order valence-electron chi connectivity index (χ0n) is 18.3. The van der Waals surface area contributed by atoms with Crippen LogP contribution < -0.4 is 4.74 Å². The van der Waals surface area contributed by atoms with Gasteiger partial charge in [-0.15, -0.1) is 0 Å². The van der Waals surface area contributed by atoms with Gasteiger partial charge in [0.1, 0.15) is 22.6 Å². The van der Waals surface area contributed by atoms with Gasteiger partial charge in [0.25, 0.3) is 0 Å². The Labute approximate surface area is 188 Å². The Kier molecular flexibility index (Phi) is 8.44. The van der Waals surface area contributed by atoms with E-state index in [9.17, 15) is 14.7 Å². The zero-order valence-corrected chi connectivity index (χ0v) is 18.3. The Balaban J connectivity index is 1.71. The second-order valence-corrected chi connectivity index (χ2v) is 7.56. The summed E-state index contributed by atoms with van der Waals surface area (Å²) in [6.07, 6.45) is 4.47. The van der Waals surface area contributed by atoms with Gasteiger partial charge in [-0.2, -0.15) is 0 Å². The number of hydrogen-bond donors (Lipinski definition) is 1. The number of benzene rings is 3. The summed E-state index contributed by atoms with van der Waals surface area (Å²) in [5, 5.41) is 10.7. The summed E-state index contributed by atoms with van der Waals surface area (Å²) < 4.78 is 10.8. The second kappa shape index (κ2) is 11.7. The van der Waals surface area contributed by atoms with Crippen LogP contribution in [0.3, 0.4) is 0 Å². The minimum atomic E-state index is -0.736. The van der Waals surface area contributed by atoms with E-state index in [2.05, 4.69) is 6.92 Å². The van der Waals surface area contributed by atoms with E-state index in [-0.39, 0.29) is 22.6 Å². The minimum absolute atomic E-state index is 0.0427. The molecule has 0 aliphatic heterocycles. The summed E-state index contributed by atoms with van der Waals surface area (Å²) >= 11 is 0. The lowest BCUT2D eigenvalue weighted by Gasteiger charge is -2.12. The fourth-order valence-corrected chi connectivity index (χ4v) is 3.37. The molecule has 0 amide bonds. The number of hydrogen-bond acceptors (Lipinski definition) is 5. The van der Waals surface area contributed by atoms with Gasteiger partial charge >= 0.3 is 11.9 Å². The van der Waals surface area contributed by atoms with E-state index < -0.39 is 11.9 Å². The molecule has 5 nitrogen and oxygen atoms in total. The number of phenolic OH excluding ortho intramolecular Hbond substituents is 1. The lowest BCUT2D eigenvalue weighted by Crippen LogP contribution is -2.14. The third kappa shape index (κ3) is 6.20. The molecule has 5 heteroatoms. The molecule has 0 spiro atoms. The molecule has 0 fully saturated rings. The molecule has 3 aromatic rings. The molecule has 32 heavy (non-hydrogen) atoms. The van der Waals surface area contributed by atoms with Gasteiger partial charge in [-0.1, -0.05) is 80.8 Å². The zero-order chi connectivity index (χ0) is 22.8. The molecule has 1 N–H and O–H groups in total. The van der Waals surface area contributed by atoms with E-state index in [1.54, 1.807) is 30.3 Å². The van der Waals surface area contributed by atoms with Crippen molar-refractivity contribution in [1.29, 1.82) is 0 Å². The highest BCUT2D eigenvalue weighted by atomic mass is 16.5. The van der Waals surface area contributed by atoms with Gasteiger partial charge in [0.2, 0.25) is 0 Å². The first-order chi connectivity index (χ1) is 15.6. The quantitative estimate of drug-likeness (QED) is 0.244.